The van der Waals surface area contributed by atoms with E-state index in [9.17, 15) is 14.4 Å². The van der Waals surface area contributed by atoms with Crippen LogP contribution in [0.3, 0.4) is 0 Å². The van der Waals surface area contributed by atoms with Crippen LogP contribution in [0, 0.1) is 0 Å². The Morgan fingerprint density at radius 3 is 2.23 bits per heavy atom. The van der Waals surface area contributed by atoms with Crippen molar-refractivity contribution in [1.29, 1.82) is 0 Å². The first-order valence-corrected chi connectivity index (χ1v) is 8.77. The quantitative estimate of drug-likeness (QED) is 0.732. The summed E-state index contributed by atoms with van der Waals surface area (Å²) in [6, 6.07) is 11.7. The zero-order valence-corrected chi connectivity index (χ0v) is 15.5. The highest BCUT2D eigenvalue weighted by atomic mass is 35.5. The lowest BCUT2D eigenvalue weighted by atomic mass is 10.1. The average molecular weight is 391 g/mol. The van der Waals surface area contributed by atoms with Gasteiger partial charge < -0.3 is 4.90 Å². The Hall–Kier alpha value is -2.37. The molecule has 0 fully saturated rings. The Bertz CT molecular complexity index is 863. The Morgan fingerprint density at radius 2 is 1.65 bits per heavy atom. The van der Waals surface area contributed by atoms with Gasteiger partial charge in [0, 0.05) is 36.6 Å². The molecule has 2 aromatic rings. The number of hydrogen-bond acceptors (Lipinski definition) is 3. The van der Waals surface area contributed by atoms with Gasteiger partial charge in [-0.05, 0) is 29.8 Å². The van der Waals surface area contributed by atoms with E-state index in [-0.39, 0.29) is 30.7 Å². The Labute approximate surface area is 161 Å². The second-order valence-corrected chi connectivity index (χ2v) is 6.89. The number of rotatable bonds is 5. The number of carbonyl (C=O) groups is 3. The van der Waals surface area contributed by atoms with Crippen LogP contribution in [0.5, 0.6) is 0 Å². The van der Waals surface area contributed by atoms with Crippen molar-refractivity contribution in [3.63, 3.8) is 0 Å². The van der Waals surface area contributed by atoms with E-state index in [2.05, 4.69) is 0 Å². The summed E-state index contributed by atoms with van der Waals surface area (Å²) >= 11 is 12.0. The van der Waals surface area contributed by atoms with Crippen LogP contribution in [0.4, 0.5) is 0 Å². The summed E-state index contributed by atoms with van der Waals surface area (Å²) in [5.74, 6) is -0.906. The van der Waals surface area contributed by atoms with Gasteiger partial charge in [-0.1, -0.05) is 41.4 Å². The van der Waals surface area contributed by atoms with E-state index in [1.54, 1.807) is 49.5 Å². The molecule has 0 aromatic heterocycles. The average Bonchev–Trinajstić information content (AvgIpc) is 2.86. The van der Waals surface area contributed by atoms with Crippen LogP contribution in [-0.2, 0) is 11.3 Å². The highest BCUT2D eigenvalue weighted by molar-refractivity contribution is 6.35. The molecule has 0 unspecified atom stereocenters. The third-order valence-corrected chi connectivity index (χ3v) is 4.86. The van der Waals surface area contributed by atoms with Crippen molar-refractivity contribution in [1.82, 2.24) is 9.80 Å². The minimum Gasteiger partial charge on any atom is -0.341 e. The van der Waals surface area contributed by atoms with Crippen LogP contribution in [0.25, 0.3) is 0 Å². The van der Waals surface area contributed by atoms with Gasteiger partial charge in [0.2, 0.25) is 5.91 Å². The number of fused-ring (bicyclic) bond motifs is 1. The largest absolute Gasteiger partial charge is 0.341 e. The molecule has 0 aliphatic carbocycles. The first kappa shape index (κ1) is 18.4. The number of imide groups is 1. The van der Waals surface area contributed by atoms with E-state index in [4.69, 9.17) is 23.2 Å². The predicted octanol–water partition coefficient (Wildman–Crippen LogP) is 3.64. The van der Waals surface area contributed by atoms with E-state index in [0.29, 0.717) is 27.7 Å². The molecule has 2 aromatic carbocycles. The summed E-state index contributed by atoms with van der Waals surface area (Å²) in [7, 11) is 1.65. The van der Waals surface area contributed by atoms with Gasteiger partial charge >= 0.3 is 0 Å². The fourth-order valence-corrected chi connectivity index (χ4v) is 3.30. The van der Waals surface area contributed by atoms with Gasteiger partial charge in [0.25, 0.3) is 11.8 Å². The number of amides is 3. The zero-order chi connectivity index (χ0) is 18.8. The summed E-state index contributed by atoms with van der Waals surface area (Å²) in [4.78, 5) is 39.6. The maximum absolute atomic E-state index is 12.4. The number of nitrogens with zero attached hydrogens (tertiary/aromatic N) is 2. The molecule has 26 heavy (non-hydrogen) atoms. The highest BCUT2D eigenvalue weighted by Gasteiger charge is 2.35. The maximum atomic E-state index is 12.4. The normalized spacial score (nSPS) is 13.1. The van der Waals surface area contributed by atoms with Gasteiger partial charge in [-0.25, -0.2) is 0 Å². The standard InChI is InChI=1S/C19H16Cl2N2O3/c1-22(11-12-6-7-13(20)10-16(12)21)17(24)8-9-23-18(25)14-4-2-3-5-15(14)19(23)26/h2-7,10H,8-9,11H2,1H3. The van der Waals surface area contributed by atoms with Crippen LogP contribution in [0.1, 0.15) is 32.7 Å². The van der Waals surface area contributed by atoms with Crippen molar-refractivity contribution in [2.24, 2.45) is 0 Å². The minimum atomic E-state index is -0.359. The molecule has 0 spiro atoms. The molecule has 3 amide bonds. The Morgan fingerprint density at radius 1 is 1.04 bits per heavy atom. The summed E-state index contributed by atoms with van der Waals surface area (Å²) in [5, 5.41) is 1.01. The monoisotopic (exact) mass is 390 g/mol. The van der Waals surface area contributed by atoms with Crippen LogP contribution in [0.2, 0.25) is 10.0 Å². The first-order valence-electron chi connectivity index (χ1n) is 8.01. The molecule has 0 saturated heterocycles. The van der Waals surface area contributed by atoms with Crippen molar-refractivity contribution >= 4 is 40.9 Å². The maximum Gasteiger partial charge on any atom is 0.261 e. The van der Waals surface area contributed by atoms with Crippen LogP contribution >= 0.6 is 23.2 Å². The molecular formula is C19H16Cl2N2O3. The number of halogens is 2. The fourth-order valence-electron chi connectivity index (χ4n) is 2.83. The summed E-state index contributed by atoms with van der Waals surface area (Å²) < 4.78 is 0. The number of benzene rings is 2. The van der Waals surface area contributed by atoms with Crippen LogP contribution in [-0.4, -0.2) is 41.1 Å². The molecule has 7 heteroatoms. The van der Waals surface area contributed by atoms with Gasteiger partial charge in [-0.3, -0.25) is 19.3 Å². The van der Waals surface area contributed by atoms with E-state index in [1.807, 2.05) is 0 Å². The van der Waals surface area contributed by atoms with E-state index in [1.165, 1.54) is 4.90 Å². The molecule has 5 nitrogen and oxygen atoms in total. The molecule has 3 rings (SSSR count). The summed E-state index contributed by atoms with van der Waals surface area (Å²) in [5.41, 5.74) is 1.53. The van der Waals surface area contributed by atoms with Gasteiger partial charge in [0.05, 0.1) is 11.1 Å². The zero-order valence-electron chi connectivity index (χ0n) is 14.0. The molecule has 0 bridgehead atoms. The van der Waals surface area contributed by atoms with E-state index < -0.39 is 0 Å². The van der Waals surface area contributed by atoms with Crippen molar-refractivity contribution in [2.45, 2.75) is 13.0 Å². The number of hydrogen-bond donors (Lipinski definition) is 0. The van der Waals surface area contributed by atoms with Crippen molar-refractivity contribution < 1.29 is 14.4 Å². The molecule has 0 N–H and O–H groups in total. The Kier molecular flexibility index (Phi) is 5.30. The topological polar surface area (TPSA) is 57.7 Å². The van der Waals surface area contributed by atoms with Crippen molar-refractivity contribution in [2.75, 3.05) is 13.6 Å². The number of carbonyl (C=O) groups excluding carboxylic acids is 3. The van der Waals surface area contributed by atoms with Gasteiger partial charge in [0.15, 0.2) is 0 Å². The second-order valence-electron chi connectivity index (χ2n) is 6.04. The molecule has 134 valence electrons. The molecule has 1 heterocycles. The van der Waals surface area contributed by atoms with Crippen molar-refractivity contribution in [3.05, 3.63) is 69.2 Å². The molecule has 1 aliphatic rings. The fraction of sp³-hybridized carbons (Fsp3) is 0.211. The van der Waals surface area contributed by atoms with Gasteiger partial charge in [-0.15, -0.1) is 0 Å². The highest BCUT2D eigenvalue weighted by Crippen LogP contribution is 2.24. The smallest absolute Gasteiger partial charge is 0.261 e. The molecule has 1 aliphatic heterocycles. The van der Waals surface area contributed by atoms with Crippen LogP contribution < -0.4 is 0 Å². The lowest BCUT2D eigenvalue weighted by molar-refractivity contribution is -0.130. The van der Waals surface area contributed by atoms with E-state index >= 15 is 0 Å². The SMILES string of the molecule is CN(Cc1ccc(Cl)cc1Cl)C(=O)CCN1C(=O)c2ccccc2C1=O. The lowest BCUT2D eigenvalue weighted by Gasteiger charge is -2.20. The predicted molar refractivity (Wildman–Crippen MR) is 99.4 cm³/mol. The van der Waals surface area contributed by atoms with E-state index in [0.717, 1.165) is 10.5 Å². The lowest BCUT2D eigenvalue weighted by Crippen LogP contribution is -2.35. The Balaban J connectivity index is 1.60. The molecular weight excluding hydrogens is 375 g/mol. The molecule has 0 saturated carbocycles. The summed E-state index contributed by atoms with van der Waals surface area (Å²) in [6.45, 7) is 0.362. The van der Waals surface area contributed by atoms with Gasteiger partial charge in [-0.2, -0.15) is 0 Å². The van der Waals surface area contributed by atoms with Crippen molar-refractivity contribution in [3.8, 4) is 0 Å². The van der Waals surface area contributed by atoms with Crippen LogP contribution in [0.15, 0.2) is 42.5 Å². The third kappa shape index (κ3) is 3.59. The molecule has 0 atom stereocenters. The van der Waals surface area contributed by atoms with Gasteiger partial charge in [0.1, 0.15) is 0 Å². The third-order valence-electron chi connectivity index (χ3n) is 4.28. The summed E-state index contributed by atoms with van der Waals surface area (Å²) in [6.07, 6.45) is 0.0488. The first-order chi connectivity index (χ1) is 12.4. The second kappa shape index (κ2) is 7.48. The molecule has 0 radical (unpaired) electrons. The minimum absolute atomic E-state index is 0.0455.